The molecular formula is C9H8ClF2NO2. The van der Waals surface area contributed by atoms with Gasteiger partial charge in [-0.05, 0) is 6.07 Å². The number of carbonyl (C=O) groups is 1. The van der Waals surface area contributed by atoms with Crippen molar-refractivity contribution in [3.8, 4) is 0 Å². The first-order chi connectivity index (χ1) is 7.06. The molecule has 0 atom stereocenters. The quantitative estimate of drug-likeness (QED) is 0.597. The molecule has 1 heterocycles. The van der Waals surface area contributed by atoms with Gasteiger partial charge in [0.05, 0.1) is 13.5 Å². The molecule has 0 aliphatic rings. The van der Waals surface area contributed by atoms with Gasteiger partial charge in [-0.2, -0.15) is 0 Å². The second kappa shape index (κ2) is 5.02. The van der Waals surface area contributed by atoms with Gasteiger partial charge in [0.25, 0.3) is 6.43 Å². The monoisotopic (exact) mass is 235 g/mol. The molecule has 6 heteroatoms. The van der Waals surface area contributed by atoms with Crippen molar-refractivity contribution in [2.45, 2.75) is 12.8 Å². The summed E-state index contributed by atoms with van der Waals surface area (Å²) in [4.78, 5) is 14.6. The number of halogens is 3. The molecule has 0 amide bonds. The molecular weight excluding hydrogens is 228 g/mol. The molecule has 0 spiro atoms. The predicted octanol–water partition coefficient (Wildman–Crippen LogP) is 2.39. The number of esters is 1. The molecule has 0 bridgehead atoms. The average Bonchev–Trinajstić information content (AvgIpc) is 2.20. The average molecular weight is 236 g/mol. The zero-order valence-corrected chi connectivity index (χ0v) is 8.59. The maximum Gasteiger partial charge on any atom is 0.310 e. The van der Waals surface area contributed by atoms with Crippen molar-refractivity contribution in [1.82, 2.24) is 4.98 Å². The Bertz CT molecular complexity index is 371. The molecule has 3 nitrogen and oxygen atoms in total. The van der Waals surface area contributed by atoms with Gasteiger partial charge in [0.15, 0.2) is 0 Å². The van der Waals surface area contributed by atoms with Crippen LogP contribution < -0.4 is 0 Å². The van der Waals surface area contributed by atoms with Gasteiger partial charge in [0.2, 0.25) is 0 Å². The molecule has 0 aliphatic heterocycles. The zero-order chi connectivity index (χ0) is 11.4. The van der Waals surface area contributed by atoms with E-state index in [1.54, 1.807) is 0 Å². The van der Waals surface area contributed by atoms with Gasteiger partial charge in [-0.25, -0.2) is 13.8 Å². The first-order valence-electron chi connectivity index (χ1n) is 4.04. The predicted molar refractivity (Wildman–Crippen MR) is 49.9 cm³/mol. The number of nitrogens with zero attached hydrogens (tertiary/aromatic N) is 1. The van der Waals surface area contributed by atoms with E-state index >= 15 is 0 Å². The topological polar surface area (TPSA) is 39.2 Å². The van der Waals surface area contributed by atoms with Crippen LogP contribution in [0.5, 0.6) is 0 Å². The summed E-state index contributed by atoms with van der Waals surface area (Å²) in [6.45, 7) is 0. The van der Waals surface area contributed by atoms with E-state index < -0.39 is 12.4 Å². The minimum atomic E-state index is -2.69. The van der Waals surface area contributed by atoms with E-state index in [0.717, 1.165) is 6.07 Å². The third kappa shape index (κ3) is 2.86. The SMILES string of the molecule is COC(=O)Cc1c(C(F)F)ccnc1Cl. The van der Waals surface area contributed by atoms with E-state index in [-0.39, 0.29) is 22.7 Å². The molecule has 1 aromatic rings. The van der Waals surface area contributed by atoms with Gasteiger partial charge < -0.3 is 4.74 Å². The van der Waals surface area contributed by atoms with Crippen molar-refractivity contribution in [3.05, 3.63) is 28.5 Å². The number of ether oxygens (including phenoxy) is 1. The Morgan fingerprint density at radius 3 is 2.87 bits per heavy atom. The van der Waals surface area contributed by atoms with E-state index in [0.29, 0.717) is 0 Å². The van der Waals surface area contributed by atoms with Crippen LogP contribution in [0.4, 0.5) is 8.78 Å². The van der Waals surface area contributed by atoms with Crippen LogP contribution in [0, 0.1) is 0 Å². The number of pyridine rings is 1. The molecule has 1 rings (SSSR count). The number of aromatic nitrogens is 1. The van der Waals surface area contributed by atoms with E-state index in [1.807, 2.05) is 0 Å². The molecule has 0 radical (unpaired) electrons. The third-order valence-corrected chi connectivity index (χ3v) is 2.15. The van der Waals surface area contributed by atoms with Gasteiger partial charge in [-0.15, -0.1) is 0 Å². The Hall–Kier alpha value is -1.23. The Morgan fingerprint density at radius 2 is 2.33 bits per heavy atom. The smallest absolute Gasteiger partial charge is 0.310 e. The van der Waals surface area contributed by atoms with Gasteiger partial charge in [0.1, 0.15) is 5.15 Å². The number of methoxy groups -OCH3 is 1. The molecule has 82 valence electrons. The number of carbonyl (C=O) groups excluding carboxylic acids is 1. The Morgan fingerprint density at radius 1 is 1.67 bits per heavy atom. The molecule has 0 aromatic carbocycles. The lowest BCUT2D eigenvalue weighted by Gasteiger charge is -2.08. The standard InChI is InChI=1S/C9H8ClF2NO2/c1-15-7(14)4-6-5(9(11)12)2-3-13-8(6)10/h2-3,9H,4H2,1H3. The first-order valence-corrected chi connectivity index (χ1v) is 4.42. The van der Waals surface area contributed by atoms with E-state index in [9.17, 15) is 13.6 Å². The summed E-state index contributed by atoms with van der Waals surface area (Å²) in [7, 11) is 1.18. The van der Waals surface area contributed by atoms with Crippen LogP contribution in [-0.2, 0) is 16.0 Å². The zero-order valence-electron chi connectivity index (χ0n) is 7.84. The molecule has 0 saturated heterocycles. The Balaban J connectivity index is 3.07. The van der Waals surface area contributed by atoms with E-state index in [1.165, 1.54) is 13.3 Å². The van der Waals surface area contributed by atoms with Gasteiger partial charge in [0, 0.05) is 17.3 Å². The molecule has 0 unspecified atom stereocenters. The van der Waals surface area contributed by atoms with Crippen LogP contribution in [-0.4, -0.2) is 18.1 Å². The fourth-order valence-corrected chi connectivity index (χ4v) is 1.31. The lowest BCUT2D eigenvalue weighted by atomic mass is 10.1. The van der Waals surface area contributed by atoms with Crippen LogP contribution in [0.25, 0.3) is 0 Å². The van der Waals surface area contributed by atoms with Crippen molar-refractivity contribution in [3.63, 3.8) is 0 Å². The molecule has 0 saturated carbocycles. The second-order valence-electron chi connectivity index (χ2n) is 2.72. The minimum Gasteiger partial charge on any atom is -0.469 e. The fourth-order valence-electron chi connectivity index (χ4n) is 1.08. The van der Waals surface area contributed by atoms with Gasteiger partial charge >= 0.3 is 5.97 Å². The summed E-state index contributed by atoms with van der Waals surface area (Å²) >= 11 is 5.62. The molecule has 0 aliphatic carbocycles. The van der Waals surface area contributed by atoms with Crippen molar-refractivity contribution < 1.29 is 18.3 Å². The summed E-state index contributed by atoms with van der Waals surface area (Å²) in [6.07, 6.45) is -1.82. The van der Waals surface area contributed by atoms with Crippen molar-refractivity contribution >= 4 is 17.6 Å². The summed E-state index contributed by atoms with van der Waals surface area (Å²) in [5.74, 6) is -0.633. The maximum absolute atomic E-state index is 12.5. The van der Waals surface area contributed by atoms with Crippen LogP contribution in [0.15, 0.2) is 12.3 Å². The maximum atomic E-state index is 12.5. The number of hydrogen-bond donors (Lipinski definition) is 0. The van der Waals surface area contributed by atoms with Crippen molar-refractivity contribution in [2.75, 3.05) is 7.11 Å². The summed E-state index contributed by atoms with van der Waals surface area (Å²) in [5.41, 5.74) is -0.276. The van der Waals surface area contributed by atoms with E-state index in [2.05, 4.69) is 9.72 Å². The first kappa shape index (κ1) is 11.8. The third-order valence-electron chi connectivity index (χ3n) is 1.82. The highest BCUT2D eigenvalue weighted by Crippen LogP contribution is 2.27. The normalized spacial score (nSPS) is 10.5. The number of hydrogen-bond acceptors (Lipinski definition) is 3. The van der Waals surface area contributed by atoms with Crippen LogP contribution in [0.3, 0.4) is 0 Å². The summed E-state index contributed by atoms with van der Waals surface area (Å²) < 4.78 is 29.4. The molecule has 1 aromatic heterocycles. The van der Waals surface area contributed by atoms with Crippen molar-refractivity contribution in [2.24, 2.45) is 0 Å². The van der Waals surface area contributed by atoms with Crippen LogP contribution in [0.1, 0.15) is 17.6 Å². The fraction of sp³-hybridized carbons (Fsp3) is 0.333. The van der Waals surface area contributed by atoms with Crippen LogP contribution >= 0.6 is 11.6 Å². The summed E-state index contributed by atoms with van der Waals surface area (Å²) in [6, 6.07) is 1.13. The molecule has 0 fully saturated rings. The van der Waals surface area contributed by atoms with E-state index in [4.69, 9.17) is 11.6 Å². The lowest BCUT2D eigenvalue weighted by Crippen LogP contribution is -2.08. The highest BCUT2D eigenvalue weighted by molar-refractivity contribution is 6.30. The lowest BCUT2D eigenvalue weighted by molar-refractivity contribution is -0.139. The highest BCUT2D eigenvalue weighted by atomic mass is 35.5. The minimum absolute atomic E-state index is 0.0148. The second-order valence-corrected chi connectivity index (χ2v) is 3.08. The van der Waals surface area contributed by atoms with Gasteiger partial charge in [-0.1, -0.05) is 11.6 Å². The summed E-state index contributed by atoms with van der Waals surface area (Å²) in [5, 5.41) is -0.0989. The number of rotatable bonds is 3. The molecule has 15 heavy (non-hydrogen) atoms. The largest absolute Gasteiger partial charge is 0.469 e. The Labute approximate surface area is 90.0 Å². The molecule has 0 N–H and O–H groups in total. The van der Waals surface area contributed by atoms with Crippen molar-refractivity contribution in [1.29, 1.82) is 0 Å². The van der Waals surface area contributed by atoms with Gasteiger partial charge in [-0.3, -0.25) is 4.79 Å². The highest BCUT2D eigenvalue weighted by Gasteiger charge is 2.18. The number of alkyl halides is 2. The Kier molecular flexibility index (Phi) is 3.96. The van der Waals surface area contributed by atoms with Crippen LogP contribution in [0.2, 0.25) is 5.15 Å².